The van der Waals surface area contributed by atoms with Crippen LogP contribution in [0.5, 0.6) is 0 Å². The molecule has 7 nitrogen and oxygen atoms in total. The molecule has 4 rings (SSSR count). The number of aromatic nitrogens is 1. The number of piperazine rings is 1. The maximum atomic E-state index is 13.2. The molecule has 0 aliphatic carbocycles. The molecule has 1 saturated heterocycles. The lowest BCUT2D eigenvalue weighted by Crippen LogP contribution is -2.50. The van der Waals surface area contributed by atoms with Gasteiger partial charge in [-0.25, -0.2) is 8.42 Å². The highest BCUT2D eigenvalue weighted by Crippen LogP contribution is 2.27. The number of nitrogens with zero attached hydrogens (tertiary/aromatic N) is 3. The fraction of sp³-hybridized carbons (Fsp3) is 0.217. The third-order valence-corrected chi connectivity index (χ3v) is 6.81. The highest BCUT2D eigenvalue weighted by molar-refractivity contribution is 7.92. The van der Waals surface area contributed by atoms with E-state index in [0.717, 1.165) is 11.1 Å². The van der Waals surface area contributed by atoms with Gasteiger partial charge in [0.25, 0.3) is 5.91 Å². The number of carbonyl (C=O) groups excluding carboxylic acids is 1. The van der Waals surface area contributed by atoms with Crippen molar-refractivity contribution < 1.29 is 17.7 Å². The predicted octanol–water partition coefficient (Wildman–Crippen LogP) is 3.41. The zero-order valence-corrected chi connectivity index (χ0v) is 18.0. The Morgan fingerprint density at radius 2 is 1.58 bits per heavy atom. The first kappa shape index (κ1) is 21.0. The van der Waals surface area contributed by atoms with Gasteiger partial charge < -0.3 is 9.42 Å². The molecule has 0 atom stereocenters. The van der Waals surface area contributed by atoms with E-state index < -0.39 is 10.0 Å². The van der Waals surface area contributed by atoms with Crippen LogP contribution in [0.1, 0.15) is 21.7 Å². The highest BCUT2D eigenvalue weighted by atomic mass is 32.2. The molecule has 160 valence electrons. The van der Waals surface area contributed by atoms with E-state index in [2.05, 4.69) is 5.16 Å². The summed E-state index contributed by atoms with van der Waals surface area (Å²) in [7, 11) is -3.56. The SMILES string of the molecule is Cc1onc(-c2ccccc2)c1C(=O)N1CCN(S(=O)(=O)/C=C\c2ccccc2)CC1. The van der Waals surface area contributed by atoms with Crippen molar-refractivity contribution in [3.8, 4) is 11.3 Å². The van der Waals surface area contributed by atoms with Crippen molar-refractivity contribution in [2.45, 2.75) is 6.92 Å². The van der Waals surface area contributed by atoms with Crippen LogP contribution >= 0.6 is 0 Å². The smallest absolute Gasteiger partial charge is 0.259 e. The van der Waals surface area contributed by atoms with Gasteiger partial charge in [-0.15, -0.1) is 0 Å². The summed E-state index contributed by atoms with van der Waals surface area (Å²) in [6, 6.07) is 18.7. The summed E-state index contributed by atoms with van der Waals surface area (Å²) in [5, 5.41) is 5.29. The van der Waals surface area contributed by atoms with E-state index in [1.165, 1.54) is 9.71 Å². The topological polar surface area (TPSA) is 83.7 Å². The lowest BCUT2D eigenvalue weighted by atomic mass is 10.0. The van der Waals surface area contributed by atoms with E-state index in [1.54, 1.807) is 17.9 Å². The molecule has 0 bridgehead atoms. The number of rotatable bonds is 5. The second kappa shape index (κ2) is 8.87. The third kappa shape index (κ3) is 4.60. The van der Waals surface area contributed by atoms with E-state index in [0.29, 0.717) is 30.1 Å². The Morgan fingerprint density at radius 3 is 2.23 bits per heavy atom. The van der Waals surface area contributed by atoms with Gasteiger partial charge in [-0.3, -0.25) is 4.79 Å². The summed E-state index contributed by atoms with van der Waals surface area (Å²) >= 11 is 0. The number of hydrogen-bond donors (Lipinski definition) is 0. The van der Waals surface area contributed by atoms with E-state index in [9.17, 15) is 13.2 Å². The molecule has 1 aliphatic heterocycles. The molecular formula is C23H23N3O4S. The molecule has 3 aromatic rings. The van der Waals surface area contributed by atoms with Crippen molar-refractivity contribution in [2.75, 3.05) is 26.2 Å². The number of sulfonamides is 1. The monoisotopic (exact) mass is 437 g/mol. The van der Waals surface area contributed by atoms with E-state index in [1.807, 2.05) is 60.7 Å². The van der Waals surface area contributed by atoms with Gasteiger partial charge in [-0.2, -0.15) is 4.31 Å². The fourth-order valence-corrected chi connectivity index (χ4v) is 4.71. The van der Waals surface area contributed by atoms with Crippen LogP contribution in [0.15, 0.2) is 70.6 Å². The van der Waals surface area contributed by atoms with Gasteiger partial charge in [0.1, 0.15) is 17.0 Å². The minimum absolute atomic E-state index is 0.200. The molecule has 31 heavy (non-hydrogen) atoms. The van der Waals surface area contributed by atoms with Gasteiger partial charge in [-0.1, -0.05) is 65.8 Å². The van der Waals surface area contributed by atoms with Crippen LogP contribution in [0.2, 0.25) is 0 Å². The van der Waals surface area contributed by atoms with Crippen molar-refractivity contribution in [3.05, 3.63) is 83.0 Å². The summed E-state index contributed by atoms with van der Waals surface area (Å²) in [5.41, 5.74) is 2.54. The molecule has 0 saturated carbocycles. The van der Waals surface area contributed by atoms with Crippen molar-refractivity contribution in [1.82, 2.24) is 14.4 Å². The summed E-state index contributed by atoms with van der Waals surface area (Å²) in [6.45, 7) is 2.78. The maximum Gasteiger partial charge on any atom is 0.259 e. The van der Waals surface area contributed by atoms with Crippen molar-refractivity contribution in [1.29, 1.82) is 0 Å². The molecule has 1 amide bonds. The van der Waals surface area contributed by atoms with Crippen LogP contribution in [0.3, 0.4) is 0 Å². The van der Waals surface area contributed by atoms with Crippen LogP contribution in [0.4, 0.5) is 0 Å². The normalized spacial score (nSPS) is 15.5. The number of carbonyl (C=O) groups is 1. The second-order valence-corrected chi connectivity index (χ2v) is 9.10. The first-order chi connectivity index (χ1) is 15.0. The quantitative estimate of drug-likeness (QED) is 0.611. The molecule has 0 spiro atoms. The average molecular weight is 438 g/mol. The van der Waals surface area contributed by atoms with E-state index in [-0.39, 0.29) is 19.0 Å². The van der Waals surface area contributed by atoms with Crippen molar-refractivity contribution in [3.63, 3.8) is 0 Å². The molecule has 2 aromatic carbocycles. The van der Waals surface area contributed by atoms with Crippen LogP contribution in [0.25, 0.3) is 17.3 Å². The van der Waals surface area contributed by atoms with Crippen molar-refractivity contribution in [2.24, 2.45) is 0 Å². The van der Waals surface area contributed by atoms with Crippen LogP contribution in [0, 0.1) is 6.92 Å². The van der Waals surface area contributed by atoms with Gasteiger partial charge in [0.15, 0.2) is 0 Å². The molecule has 0 unspecified atom stereocenters. The number of aryl methyl sites for hydroxylation is 1. The Labute approximate surface area is 181 Å². The molecule has 0 radical (unpaired) electrons. The largest absolute Gasteiger partial charge is 0.360 e. The Hall–Kier alpha value is -3.23. The standard InChI is InChI=1S/C23H23N3O4S/c1-18-21(22(24-30-18)20-10-6-3-7-11-20)23(27)25-13-15-26(16-14-25)31(28,29)17-12-19-8-4-2-5-9-19/h2-12,17H,13-16H2,1H3/b17-12-. The Kier molecular flexibility index (Phi) is 6.01. The number of hydrogen-bond acceptors (Lipinski definition) is 5. The van der Waals surface area contributed by atoms with Gasteiger partial charge >= 0.3 is 0 Å². The molecule has 1 aromatic heterocycles. The Morgan fingerprint density at radius 1 is 0.968 bits per heavy atom. The summed E-state index contributed by atoms with van der Waals surface area (Å²) in [6.07, 6.45) is 1.58. The van der Waals surface area contributed by atoms with Crippen LogP contribution in [-0.2, 0) is 10.0 Å². The summed E-state index contributed by atoms with van der Waals surface area (Å²) in [5.74, 6) is 0.249. The van der Waals surface area contributed by atoms with Gasteiger partial charge in [0, 0.05) is 37.2 Å². The summed E-state index contributed by atoms with van der Waals surface area (Å²) in [4.78, 5) is 14.8. The number of amides is 1. The van der Waals surface area contributed by atoms with Gasteiger partial charge in [-0.05, 0) is 18.6 Å². The maximum absolute atomic E-state index is 13.2. The molecule has 2 heterocycles. The van der Waals surface area contributed by atoms with E-state index in [4.69, 9.17) is 4.52 Å². The minimum Gasteiger partial charge on any atom is -0.360 e. The first-order valence-electron chi connectivity index (χ1n) is 10.00. The zero-order chi connectivity index (χ0) is 21.8. The average Bonchev–Trinajstić information content (AvgIpc) is 3.20. The molecule has 8 heteroatoms. The first-order valence-corrected chi connectivity index (χ1v) is 11.5. The fourth-order valence-electron chi connectivity index (χ4n) is 3.54. The molecular weight excluding hydrogens is 414 g/mol. The number of benzene rings is 2. The van der Waals surface area contributed by atoms with Crippen LogP contribution < -0.4 is 0 Å². The molecule has 0 N–H and O–H groups in total. The summed E-state index contributed by atoms with van der Waals surface area (Å²) < 4.78 is 32.0. The third-order valence-electron chi connectivity index (χ3n) is 5.24. The van der Waals surface area contributed by atoms with Gasteiger partial charge in [0.2, 0.25) is 10.0 Å². The molecule has 1 aliphatic rings. The Balaban J connectivity index is 1.45. The van der Waals surface area contributed by atoms with Crippen LogP contribution in [-0.4, -0.2) is 54.9 Å². The lowest BCUT2D eigenvalue weighted by Gasteiger charge is -2.33. The predicted molar refractivity (Wildman–Crippen MR) is 119 cm³/mol. The minimum atomic E-state index is -3.56. The van der Waals surface area contributed by atoms with Gasteiger partial charge in [0.05, 0.1) is 0 Å². The zero-order valence-electron chi connectivity index (χ0n) is 17.1. The lowest BCUT2D eigenvalue weighted by molar-refractivity contribution is 0.0697. The molecule has 1 fully saturated rings. The Bertz CT molecular complexity index is 1180. The highest BCUT2D eigenvalue weighted by Gasteiger charge is 2.31. The van der Waals surface area contributed by atoms with Crippen molar-refractivity contribution >= 4 is 22.0 Å². The van der Waals surface area contributed by atoms with E-state index >= 15 is 0 Å². The second-order valence-electron chi connectivity index (χ2n) is 7.28.